The van der Waals surface area contributed by atoms with Crippen LogP contribution in [-0.4, -0.2) is 16.2 Å². The Kier molecular flexibility index (Phi) is 3.74. The first-order valence-electron chi connectivity index (χ1n) is 5.68. The van der Waals surface area contributed by atoms with Gasteiger partial charge < -0.3 is 10.3 Å². The predicted molar refractivity (Wildman–Crippen MR) is 74.2 cm³/mol. The van der Waals surface area contributed by atoms with E-state index in [1.165, 1.54) is 10.5 Å². The second-order valence-corrected chi connectivity index (χ2v) is 4.80. The van der Waals surface area contributed by atoms with Gasteiger partial charge in [0.2, 0.25) is 5.95 Å². The highest BCUT2D eigenvalue weighted by atomic mass is 32.2. The van der Waals surface area contributed by atoms with E-state index in [9.17, 15) is 0 Å². The van der Waals surface area contributed by atoms with Gasteiger partial charge in [-0.05, 0) is 37.3 Å². The summed E-state index contributed by atoms with van der Waals surface area (Å²) >= 11 is 1.74. The van der Waals surface area contributed by atoms with E-state index in [4.69, 9.17) is 0 Å². The van der Waals surface area contributed by atoms with E-state index < -0.39 is 0 Å². The summed E-state index contributed by atoms with van der Waals surface area (Å²) < 4.78 is 0. The normalized spacial score (nSPS) is 10.5. The van der Waals surface area contributed by atoms with Gasteiger partial charge in [-0.2, -0.15) is 0 Å². The van der Waals surface area contributed by atoms with Gasteiger partial charge in [0.1, 0.15) is 0 Å². The maximum absolute atomic E-state index is 4.31. The number of aryl methyl sites for hydroxylation is 2. The zero-order valence-electron chi connectivity index (χ0n) is 10.4. The molecular formula is C13H17N3S. The molecule has 4 heteroatoms. The quantitative estimate of drug-likeness (QED) is 0.808. The average molecular weight is 247 g/mol. The molecule has 90 valence electrons. The number of aromatic amines is 1. The largest absolute Gasteiger partial charge is 0.328 e. The predicted octanol–water partition coefficient (Wildman–Crippen LogP) is 3.75. The van der Waals surface area contributed by atoms with Crippen LogP contribution in [0.4, 0.5) is 11.6 Å². The third-order valence-corrected chi connectivity index (χ3v) is 3.43. The van der Waals surface area contributed by atoms with Crippen molar-refractivity contribution in [1.82, 2.24) is 9.97 Å². The lowest BCUT2D eigenvalue weighted by Gasteiger charge is -2.08. The Labute approximate surface area is 106 Å². The molecule has 1 aromatic heterocycles. The van der Waals surface area contributed by atoms with Crippen molar-refractivity contribution in [2.24, 2.45) is 0 Å². The van der Waals surface area contributed by atoms with Crippen LogP contribution in [0, 0.1) is 6.92 Å². The van der Waals surface area contributed by atoms with Crippen LogP contribution in [0.25, 0.3) is 0 Å². The highest BCUT2D eigenvalue weighted by Crippen LogP contribution is 2.24. The number of aromatic nitrogens is 2. The summed E-state index contributed by atoms with van der Waals surface area (Å²) in [4.78, 5) is 8.80. The summed E-state index contributed by atoms with van der Waals surface area (Å²) in [6.07, 6.45) is 4.92. The van der Waals surface area contributed by atoms with Crippen molar-refractivity contribution in [2.75, 3.05) is 11.6 Å². The number of imidazole rings is 1. The standard InChI is InChI=1S/C13H17N3S/c1-4-10-8-14-13(15-10)16-12-7-11(17-3)6-5-9(12)2/h5-8H,4H2,1-3H3,(H2,14,15,16). The van der Waals surface area contributed by atoms with Crippen molar-refractivity contribution >= 4 is 23.4 Å². The SMILES string of the molecule is CCc1cnc(Nc2cc(SC)ccc2C)[nH]1. The van der Waals surface area contributed by atoms with E-state index in [2.05, 4.69) is 53.6 Å². The molecule has 1 heterocycles. The Hall–Kier alpha value is -1.42. The second kappa shape index (κ2) is 5.27. The fourth-order valence-corrected chi connectivity index (χ4v) is 2.03. The zero-order valence-corrected chi connectivity index (χ0v) is 11.2. The molecule has 1 aromatic carbocycles. The summed E-state index contributed by atoms with van der Waals surface area (Å²) in [5, 5.41) is 3.32. The number of nitrogens with zero attached hydrogens (tertiary/aromatic N) is 1. The van der Waals surface area contributed by atoms with Crippen LogP contribution in [-0.2, 0) is 6.42 Å². The molecule has 0 bridgehead atoms. The Morgan fingerprint density at radius 1 is 1.41 bits per heavy atom. The number of nitrogens with one attached hydrogen (secondary N) is 2. The maximum atomic E-state index is 4.31. The van der Waals surface area contributed by atoms with Gasteiger partial charge in [0.25, 0.3) is 0 Å². The molecule has 0 amide bonds. The molecule has 0 radical (unpaired) electrons. The third-order valence-electron chi connectivity index (χ3n) is 2.71. The van der Waals surface area contributed by atoms with Crippen LogP contribution in [0.15, 0.2) is 29.3 Å². The third kappa shape index (κ3) is 2.82. The number of hydrogen-bond acceptors (Lipinski definition) is 3. The minimum absolute atomic E-state index is 0.809. The Morgan fingerprint density at radius 2 is 2.24 bits per heavy atom. The minimum Gasteiger partial charge on any atom is -0.328 e. The number of H-pyrrole nitrogens is 1. The smallest absolute Gasteiger partial charge is 0.204 e. The first-order valence-corrected chi connectivity index (χ1v) is 6.91. The van der Waals surface area contributed by atoms with E-state index in [-0.39, 0.29) is 0 Å². The van der Waals surface area contributed by atoms with Gasteiger partial charge in [0.15, 0.2) is 0 Å². The molecule has 0 aliphatic rings. The van der Waals surface area contributed by atoms with E-state index in [0.717, 1.165) is 23.8 Å². The number of hydrogen-bond donors (Lipinski definition) is 2. The Morgan fingerprint density at radius 3 is 2.88 bits per heavy atom. The fourth-order valence-electron chi connectivity index (χ4n) is 1.59. The Balaban J connectivity index is 2.22. The van der Waals surface area contributed by atoms with Crippen molar-refractivity contribution in [3.63, 3.8) is 0 Å². The summed E-state index contributed by atoms with van der Waals surface area (Å²) in [6.45, 7) is 4.20. The van der Waals surface area contributed by atoms with Gasteiger partial charge in [-0.15, -0.1) is 11.8 Å². The molecule has 0 unspecified atom stereocenters. The van der Waals surface area contributed by atoms with Gasteiger partial charge >= 0.3 is 0 Å². The van der Waals surface area contributed by atoms with Crippen molar-refractivity contribution in [3.8, 4) is 0 Å². The second-order valence-electron chi connectivity index (χ2n) is 3.92. The van der Waals surface area contributed by atoms with Crippen molar-refractivity contribution in [3.05, 3.63) is 35.7 Å². The molecule has 2 N–H and O–H groups in total. The molecular weight excluding hydrogens is 230 g/mol. The van der Waals surface area contributed by atoms with Crippen molar-refractivity contribution in [2.45, 2.75) is 25.2 Å². The number of anilines is 2. The number of rotatable bonds is 4. The van der Waals surface area contributed by atoms with Crippen LogP contribution in [0.5, 0.6) is 0 Å². The van der Waals surface area contributed by atoms with Crippen LogP contribution in [0.2, 0.25) is 0 Å². The van der Waals surface area contributed by atoms with Crippen LogP contribution in [0.1, 0.15) is 18.2 Å². The first kappa shape index (κ1) is 12.0. The monoisotopic (exact) mass is 247 g/mol. The van der Waals surface area contributed by atoms with E-state index in [0.29, 0.717) is 0 Å². The maximum Gasteiger partial charge on any atom is 0.204 e. The van der Waals surface area contributed by atoms with Gasteiger partial charge in [-0.1, -0.05) is 13.0 Å². The van der Waals surface area contributed by atoms with E-state index in [1.54, 1.807) is 11.8 Å². The fraction of sp³-hybridized carbons (Fsp3) is 0.308. The highest BCUT2D eigenvalue weighted by Gasteiger charge is 2.03. The lowest BCUT2D eigenvalue weighted by atomic mass is 10.2. The van der Waals surface area contributed by atoms with Gasteiger partial charge in [-0.25, -0.2) is 4.98 Å². The molecule has 2 rings (SSSR count). The van der Waals surface area contributed by atoms with Crippen molar-refractivity contribution < 1.29 is 0 Å². The first-order chi connectivity index (χ1) is 8.22. The molecule has 0 aliphatic carbocycles. The van der Waals surface area contributed by atoms with Gasteiger partial charge in [-0.3, -0.25) is 0 Å². The summed E-state index contributed by atoms with van der Waals surface area (Å²) in [5.74, 6) is 0.809. The molecule has 0 spiro atoms. The molecule has 17 heavy (non-hydrogen) atoms. The lowest BCUT2D eigenvalue weighted by Crippen LogP contribution is -1.95. The van der Waals surface area contributed by atoms with Gasteiger partial charge in [0.05, 0.1) is 6.20 Å². The molecule has 0 fully saturated rings. The summed E-state index contributed by atoms with van der Waals surface area (Å²) in [6, 6.07) is 6.40. The van der Waals surface area contributed by atoms with Crippen LogP contribution in [0.3, 0.4) is 0 Å². The van der Waals surface area contributed by atoms with E-state index >= 15 is 0 Å². The zero-order chi connectivity index (χ0) is 12.3. The Bertz CT molecular complexity index is 505. The highest BCUT2D eigenvalue weighted by molar-refractivity contribution is 7.98. The lowest BCUT2D eigenvalue weighted by molar-refractivity contribution is 1.06. The molecule has 0 aliphatic heterocycles. The molecule has 0 atom stereocenters. The summed E-state index contributed by atoms with van der Waals surface area (Å²) in [7, 11) is 0. The number of benzene rings is 1. The molecule has 3 nitrogen and oxygen atoms in total. The van der Waals surface area contributed by atoms with Crippen LogP contribution < -0.4 is 5.32 Å². The molecule has 0 saturated carbocycles. The van der Waals surface area contributed by atoms with E-state index in [1.807, 2.05) is 6.20 Å². The average Bonchev–Trinajstić information content (AvgIpc) is 2.80. The van der Waals surface area contributed by atoms with Gasteiger partial charge in [0, 0.05) is 16.3 Å². The van der Waals surface area contributed by atoms with Crippen LogP contribution >= 0.6 is 11.8 Å². The topological polar surface area (TPSA) is 40.7 Å². The minimum atomic E-state index is 0.809. The molecule has 2 aromatic rings. The molecule has 0 saturated heterocycles. The summed E-state index contributed by atoms with van der Waals surface area (Å²) in [5.41, 5.74) is 3.47. The number of thioether (sulfide) groups is 1. The van der Waals surface area contributed by atoms with Crippen molar-refractivity contribution in [1.29, 1.82) is 0 Å².